The Bertz CT molecular complexity index is 4020. The molecule has 0 saturated heterocycles. The van der Waals surface area contributed by atoms with Gasteiger partial charge in [0.1, 0.15) is 34.5 Å². The first-order valence-corrected chi connectivity index (χ1v) is 23.8. The van der Waals surface area contributed by atoms with E-state index in [0.717, 1.165) is 64.6 Å². The van der Waals surface area contributed by atoms with Crippen molar-refractivity contribution >= 4 is 64.6 Å². The second-order valence-electron chi connectivity index (χ2n) is 18.0. The van der Waals surface area contributed by atoms with Crippen LogP contribution in [0.15, 0.2) is 182 Å². The van der Waals surface area contributed by atoms with E-state index in [1.165, 1.54) is 0 Å². The first-order valence-electron chi connectivity index (χ1n) is 23.8. The van der Waals surface area contributed by atoms with Crippen LogP contribution >= 0.6 is 0 Å². The molecule has 0 aromatic heterocycles. The molecule has 0 amide bonds. The van der Waals surface area contributed by atoms with E-state index in [1.807, 2.05) is 0 Å². The van der Waals surface area contributed by atoms with E-state index in [9.17, 15) is 30.6 Å². The molecule has 0 aliphatic heterocycles. The van der Waals surface area contributed by atoms with E-state index < -0.39 is 0 Å². The molecule has 79 heavy (non-hydrogen) atoms. The molecule has 1 radical (unpaired) electrons. The van der Waals surface area contributed by atoms with Crippen molar-refractivity contribution in [2.24, 2.45) is 0 Å². The minimum atomic E-state index is 0. The minimum absolute atomic E-state index is 0. The van der Waals surface area contributed by atoms with Crippen LogP contribution in [0.2, 0.25) is 0 Å². The Kier molecular flexibility index (Phi) is 14.9. The van der Waals surface area contributed by atoms with Crippen LogP contribution in [-0.2, 0) is 0 Å². The molecule has 0 aliphatic carbocycles. The molecule has 12 aromatic carbocycles. The van der Waals surface area contributed by atoms with E-state index in [4.69, 9.17) is 31.6 Å². The van der Waals surface area contributed by atoms with Crippen molar-refractivity contribution in [3.63, 3.8) is 0 Å². The molecule has 12 aromatic rings. The van der Waals surface area contributed by atoms with Gasteiger partial charge in [0, 0.05) is 69.0 Å². The maximum Gasteiger partial charge on any atom is 0.124 e. The monoisotopic (exact) mass is 1150 g/mol. The van der Waals surface area contributed by atoms with Crippen LogP contribution in [0.3, 0.4) is 0 Å². The van der Waals surface area contributed by atoms with Crippen LogP contribution in [0.4, 0.5) is 0 Å². The molecule has 0 fully saturated rings. The quantitative estimate of drug-likeness (QED) is 0.0965. The maximum absolute atomic E-state index is 10.5. The van der Waals surface area contributed by atoms with Gasteiger partial charge in [-0.05, 0) is 174 Å². The zero-order valence-corrected chi connectivity index (χ0v) is 44.9. The number of nitrogens with zero attached hydrogens (tertiary/aromatic N) is 6. The fourth-order valence-corrected chi connectivity index (χ4v) is 9.90. The van der Waals surface area contributed by atoms with Gasteiger partial charge in [-0.1, -0.05) is 72.8 Å². The molecule has 13 heteroatoms. The molecule has 12 rings (SSSR count). The number of benzene rings is 12. The van der Waals surface area contributed by atoms with Gasteiger partial charge in [-0.3, -0.25) is 0 Å². The molecule has 12 nitrogen and oxygen atoms in total. The first-order chi connectivity index (χ1) is 37.9. The number of fused-ring (bicyclic) bond motifs is 6. The third-order valence-electron chi connectivity index (χ3n) is 13.5. The summed E-state index contributed by atoms with van der Waals surface area (Å²) in [6, 6.07) is 63.6. The van der Waals surface area contributed by atoms with Crippen LogP contribution in [0.1, 0.15) is 33.4 Å². The summed E-state index contributed by atoms with van der Waals surface area (Å²) in [6.45, 7) is 0. The number of hydrogen-bond acceptors (Lipinski definition) is 12. The van der Waals surface area contributed by atoms with E-state index in [-0.39, 0.29) is 70.1 Å². The normalized spacial score (nSPS) is 10.4. The maximum atomic E-state index is 10.5. The summed E-state index contributed by atoms with van der Waals surface area (Å²) in [5.41, 5.74) is 6.14. The van der Waals surface area contributed by atoms with Crippen LogP contribution in [0.25, 0.3) is 98.0 Å². The van der Waals surface area contributed by atoms with Crippen LogP contribution < -0.4 is 0 Å². The van der Waals surface area contributed by atoms with Gasteiger partial charge in [0.15, 0.2) is 0 Å². The zero-order valence-electron chi connectivity index (χ0n) is 41.3. The van der Waals surface area contributed by atoms with Gasteiger partial charge in [0.2, 0.25) is 0 Å². The third-order valence-corrected chi connectivity index (χ3v) is 13.5. The minimum Gasteiger partial charge on any atom is -0.507 e. The van der Waals surface area contributed by atoms with E-state index in [2.05, 4.69) is 36.4 Å². The zero-order chi connectivity index (χ0) is 54.8. The van der Waals surface area contributed by atoms with Crippen molar-refractivity contribution in [3.8, 4) is 104 Å². The molecular weight excluding hydrogens is 1110 g/mol. The van der Waals surface area contributed by atoms with Gasteiger partial charge in [-0.15, -0.1) is 0 Å². The molecular formula is C66H36LaN6O6. The van der Waals surface area contributed by atoms with Gasteiger partial charge >= 0.3 is 0 Å². The van der Waals surface area contributed by atoms with Crippen molar-refractivity contribution in [1.82, 2.24) is 0 Å². The van der Waals surface area contributed by atoms with Crippen LogP contribution in [0.5, 0.6) is 34.5 Å². The Labute approximate surface area is 478 Å². The Morgan fingerprint density at radius 3 is 0.468 bits per heavy atom. The fraction of sp³-hybridized carbons (Fsp3) is 0. The van der Waals surface area contributed by atoms with Crippen molar-refractivity contribution in [1.29, 1.82) is 31.6 Å². The molecule has 0 aliphatic rings. The first kappa shape index (κ1) is 53.0. The number of hydrogen-bond donors (Lipinski definition) is 6. The Hall–Kier alpha value is -10.9. The summed E-state index contributed by atoms with van der Waals surface area (Å²) < 4.78 is 0. The predicted octanol–water partition coefficient (Wildman–Crippen LogP) is 14.4. The summed E-state index contributed by atoms with van der Waals surface area (Å²) in [4.78, 5) is 0. The topological polar surface area (TPSA) is 264 Å². The number of aromatic hydroxyl groups is 6. The molecule has 369 valence electrons. The van der Waals surface area contributed by atoms with Crippen LogP contribution in [-0.4, -0.2) is 30.6 Å². The number of phenols is 6. The van der Waals surface area contributed by atoms with E-state index in [1.54, 1.807) is 182 Å². The summed E-state index contributed by atoms with van der Waals surface area (Å²) in [5, 5.41) is 127. The second-order valence-corrected chi connectivity index (χ2v) is 18.0. The number of phenolic OH excluding ortho intramolecular Hbond substituents is 6. The number of rotatable bonds is 3. The Balaban J connectivity index is 0.000000143. The number of nitriles is 6. The standard InChI is InChI=1S/3C22H12N2O2.La/c3*23-11-13-1-5-17-15(9-13)3-7-19(25)21(17)22-18-6-2-14(12-24)10-16(18)4-8-20(22)26;/h3*1-10,25-26H;. The van der Waals surface area contributed by atoms with Gasteiger partial charge in [-0.2, -0.15) is 31.6 Å². The van der Waals surface area contributed by atoms with Crippen molar-refractivity contribution in [3.05, 3.63) is 215 Å². The third kappa shape index (κ3) is 9.96. The average molecular weight is 1150 g/mol. The Morgan fingerprint density at radius 1 is 0.203 bits per heavy atom. The fourth-order valence-electron chi connectivity index (χ4n) is 9.90. The largest absolute Gasteiger partial charge is 0.507 e. The van der Waals surface area contributed by atoms with E-state index >= 15 is 0 Å². The molecule has 0 heterocycles. The molecule has 0 unspecified atom stereocenters. The van der Waals surface area contributed by atoms with Crippen molar-refractivity contribution in [2.75, 3.05) is 0 Å². The van der Waals surface area contributed by atoms with E-state index in [0.29, 0.717) is 66.8 Å². The van der Waals surface area contributed by atoms with Gasteiger partial charge in [0.05, 0.1) is 69.8 Å². The van der Waals surface area contributed by atoms with Gasteiger partial charge in [0.25, 0.3) is 0 Å². The predicted molar refractivity (Wildman–Crippen MR) is 299 cm³/mol. The molecule has 0 saturated carbocycles. The summed E-state index contributed by atoms with van der Waals surface area (Å²) >= 11 is 0. The molecule has 0 atom stereocenters. The summed E-state index contributed by atoms with van der Waals surface area (Å²) in [6.07, 6.45) is 0. The van der Waals surface area contributed by atoms with Crippen molar-refractivity contribution < 1.29 is 66.2 Å². The SMILES string of the molecule is N#Cc1ccc2c(-c3c(O)ccc4cc(C#N)ccc34)c(O)ccc2c1.N#Cc1ccc2c(-c3c(O)ccc4cc(C#N)ccc34)c(O)ccc2c1.N#Cc1ccc2c(-c3c(O)ccc4cc(C#N)ccc34)c(O)ccc2c1.[La]. The summed E-state index contributed by atoms with van der Waals surface area (Å²) in [7, 11) is 0. The smallest absolute Gasteiger partial charge is 0.124 e. The molecule has 0 bridgehead atoms. The summed E-state index contributed by atoms with van der Waals surface area (Å²) in [5.74, 6) is 0.219. The average Bonchev–Trinajstić information content (AvgIpc) is 3.49. The molecule has 6 N–H and O–H groups in total. The van der Waals surface area contributed by atoms with Crippen molar-refractivity contribution in [2.45, 2.75) is 0 Å². The Morgan fingerprint density at radius 2 is 0.342 bits per heavy atom. The second kappa shape index (κ2) is 22.2. The van der Waals surface area contributed by atoms with Gasteiger partial charge in [-0.25, -0.2) is 0 Å². The van der Waals surface area contributed by atoms with Crippen LogP contribution in [0, 0.1) is 104 Å². The van der Waals surface area contributed by atoms with Gasteiger partial charge < -0.3 is 30.6 Å². The molecule has 0 spiro atoms.